The molecule has 0 bridgehead atoms. The molecule has 0 unspecified atom stereocenters. The third kappa shape index (κ3) is 4.09. The third-order valence-electron chi connectivity index (χ3n) is 3.00. The van der Waals surface area contributed by atoms with Crippen LogP contribution in [0.1, 0.15) is 25.2 Å². The summed E-state index contributed by atoms with van der Waals surface area (Å²) in [6, 6.07) is 16.3. The molecule has 1 aromatic heterocycles. The molecule has 20 heavy (non-hydrogen) atoms. The van der Waals surface area contributed by atoms with E-state index in [-0.39, 0.29) is 0 Å². The minimum atomic E-state index is 0.731. The van der Waals surface area contributed by atoms with Crippen LogP contribution >= 0.6 is 0 Å². The molecule has 0 saturated heterocycles. The first-order valence-electron chi connectivity index (χ1n) is 6.84. The average molecular weight is 264 g/mol. The standard InChI is InChI=1S/C18H20N2/c1-3-4-9-15(2)18-13-8-12-17(20-18)14-19-16-10-6-5-7-11-16/h3-13,19H,14H2,1-2H3/b4-3-,15-9+. The minimum Gasteiger partial charge on any atom is -0.379 e. The third-order valence-corrected chi connectivity index (χ3v) is 3.00. The van der Waals surface area contributed by atoms with Crippen LogP contribution in [0.4, 0.5) is 5.69 Å². The lowest BCUT2D eigenvalue weighted by Crippen LogP contribution is -2.02. The lowest BCUT2D eigenvalue weighted by atomic mass is 10.1. The summed E-state index contributed by atoms with van der Waals surface area (Å²) in [6.45, 7) is 4.82. The number of para-hydroxylation sites is 1. The first-order chi connectivity index (χ1) is 9.79. The first kappa shape index (κ1) is 14.1. The summed E-state index contributed by atoms with van der Waals surface area (Å²) in [5, 5.41) is 3.37. The monoisotopic (exact) mass is 264 g/mol. The van der Waals surface area contributed by atoms with Gasteiger partial charge in [-0.05, 0) is 43.7 Å². The highest BCUT2D eigenvalue weighted by Crippen LogP contribution is 2.13. The van der Waals surface area contributed by atoms with Crippen LogP contribution in [-0.2, 0) is 6.54 Å². The van der Waals surface area contributed by atoms with Gasteiger partial charge in [-0.3, -0.25) is 4.98 Å². The normalized spacial score (nSPS) is 11.8. The molecule has 0 spiro atoms. The second-order valence-electron chi connectivity index (χ2n) is 4.61. The number of hydrogen-bond acceptors (Lipinski definition) is 2. The van der Waals surface area contributed by atoms with E-state index in [4.69, 9.17) is 0 Å². The van der Waals surface area contributed by atoms with Crippen LogP contribution in [0, 0.1) is 0 Å². The number of allylic oxidation sites excluding steroid dienone is 4. The Labute approximate surface area is 120 Å². The Bertz CT molecular complexity index is 598. The van der Waals surface area contributed by atoms with Crippen molar-refractivity contribution in [3.05, 3.63) is 78.1 Å². The van der Waals surface area contributed by atoms with E-state index in [1.54, 1.807) is 0 Å². The zero-order chi connectivity index (χ0) is 14.2. The van der Waals surface area contributed by atoms with Crippen LogP contribution < -0.4 is 5.32 Å². The summed E-state index contributed by atoms with van der Waals surface area (Å²) < 4.78 is 0. The summed E-state index contributed by atoms with van der Waals surface area (Å²) in [6.07, 6.45) is 6.13. The molecule has 2 nitrogen and oxygen atoms in total. The molecule has 2 rings (SSSR count). The average Bonchev–Trinajstić information content (AvgIpc) is 2.52. The van der Waals surface area contributed by atoms with Gasteiger partial charge in [0.1, 0.15) is 0 Å². The van der Waals surface area contributed by atoms with Crippen molar-refractivity contribution in [2.75, 3.05) is 5.32 Å². The first-order valence-corrected chi connectivity index (χ1v) is 6.84. The molecule has 0 saturated carbocycles. The molecular weight excluding hydrogens is 244 g/mol. The molecule has 1 N–H and O–H groups in total. The van der Waals surface area contributed by atoms with Crippen molar-refractivity contribution in [2.45, 2.75) is 20.4 Å². The van der Waals surface area contributed by atoms with Crippen molar-refractivity contribution in [3.8, 4) is 0 Å². The molecule has 1 heterocycles. The molecule has 2 aromatic rings. The van der Waals surface area contributed by atoms with Crippen LogP contribution in [0.5, 0.6) is 0 Å². The number of nitrogens with zero attached hydrogens (tertiary/aromatic N) is 1. The SMILES string of the molecule is C/C=C\C=C(/C)c1cccc(CNc2ccccc2)n1. The fourth-order valence-corrected chi connectivity index (χ4v) is 1.87. The number of anilines is 1. The molecule has 0 radical (unpaired) electrons. The molecule has 0 fully saturated rings. The van der Waals surface area contributed by atoms with E-state index in [9.17, 15) is 0 Å². The van der Waals surface area contributed by atoms with E-state index in [0.29, 0.717) is 0 Å². The number of hydrogen-bond donors (Lipinski definition) is 1. The maximum atomic E-state index is 4.68. The van der Waals surface area contributed by atoms with Crippen LogP contribution in [0.15, 0.2) is 66.8 Å². The van der Waals surface area contributed by atoms with Gasteiger partial charge in [0.25, 0.3) is 0 Å². The summed E-state index contributed by atoms with van der Waals surface area (Å²) in [7, 11) is 0. The van der Waals surface area contributed by atoms with Gasteiger partial charge < -0.3 is 5.32 Å². The van der Waals surface area contributed by atoms with Crippen LogP contribution in [0.25, 0.3) is 5.57 Å². The van der Waals surface area contributed by atoms with E-state index < -0.39 is 0 Å². The highest BCUT2D eigenvalue weighted by atomic mass is 14.9. The zero-order valence-corrected chi connectivity index (χ0v) is 12.0. The topological polar surface area (TPSA) is 24.9 Å². The van der Waals surface area contributed by atoms with Crippen LogP contribution in [0.2, 0.25) is 0 Å². The Hall–Kier alpha value is -2.35. The fraction of sp³-hybridized carbons (Fsp3) is 0.167. The van der Waals surface area contributed by atoms with Gasteiger partial charge in [-0.25, -0.2) is 0 Å². The van der Waals surface area contributed by atoms with Gasteiger partial charge in [-0.15, -0.1) is 0 Å². The summed E-state index contributed by atoms with van der Waals surface area (Å²) >= 11 is 0. The van der Waals surface area contributed by atoms with Crippen molar-refractivity contribution < 1.29 is 0 Å². The maximum absolute atomic E-state index is 4.68. The molecule has 0 atom stereocenters. The summed E-state index contributed by atoms with van der Waals surface area (Å²) in [5.74, 6) is 0. The summed E-state index contributed by atoms with van der Waals surface area (Å²) in [4.78, 5) is 4.68. The van der Waals surface area contributed by atoms with Gasteiger partial charge >= 0.3 is 0 Å². The highest BCUT2D eigenvalue weighted by Gasteiger charge is 1.99. The van der Waals surface area contributed by atoms with Gasteiger partial charge in [0, 0.05) is 5.69 Å². The molecule has 1 aromatic carbocycles. The number of rotatable bonds is 5. The Morgan fingerprint density at radius 2 is 1.90 bits per heavy atom. The van der Waals surface area contributed by atoms with Gasteiger partial charge in [-0.2, -0.15) is 0 Å². The predicted octanol–water partition coefficient (Wildman–Crippen LogP) is 4.67. The number of nitrogens with one attached hydrogen (secondary N) is 1. The van der Waals surface area contributed by atoms with Crippen molar-refractivity contribution in [1.82, 2.24) is 4.98 Å². The van der Waals surface area contributed by atoms with Crippen LogP contribution in [-0.4, -0.2) is 4.98 Å². The second kappa shape index (κ2) is 7.29. The maximum Gasteiger partial charge on any atom is 0.0662 e. The fourth-order valence-electron chi connectivity index (χ4n) is 1.87. The van der Waals surface area contributed by atoms with Gasteiger partial charge in [0.2, 0.25) is 0 Å². The molecule has 0 aliphatic rings. The summed E-state index contributed by atoms with van der Waals surface area (Å²) in [5.41, 5.74) is 4.35. The van der Waals surface area contributed by atoms with Crippen molar-refractivity contribution in [3.63, 3.8) is 0 Å². The van der Waals surface area contributed by atoms with Gasteiger partial charge in [0.15, 0.2) is 0 Å². The molecular formula is C18H20N2. The lowest BCUT2D eigenvalue weighted by molar-refractivity contribution is 1.03. The molecule has 102 valence electrons. The second-order valence-corrected chi connectivity index (χ2v) is 4.61. The highest BCUT2D eigenvalue weighted by molar-refractivity contribution is 5.62. The van der Waals surface area contributed by atoms with Crippen molar-refractivity contribution in [2.24, 2.45) is 0 Å². The Kier molecular flexibility index (Phi) is 5.13. The van der Waals surface area contributed by atoms with E-state index in [0.717, 1.165) is 23.6 Å². The van der Waals surface area contributed by atoms with E-state index in [1.165, 1.54) is 5.57 Å². The Morgan fingerprint density at radius 3 is 2.65 bits per heavy atom. The largest absolute Gasteiger partial charge is 0.379 e. The number of aromatic nitrogens is 1. The quantitative estimate of drug-likeness (QED) is 0.794. The zero-order valence-electron chi connectivity index (χ0n) is 12.0. The van der Waals surface area contributed by atoms with Gasteiger partial charge in [-0.1, -0.05) is 42.5 Å². The molecule has 0 amide bonds. The Morgan fingerprint density at radius 1 is 1.10 bits per heavy atom. The number of benzene rings is 1. The molecule has 0 aliphatic carbocycles. The molecule has 0 aliphatic heterocycles. The van der Waals surface area contributed by atoms with Crippen molar-refractivity contribution >= 4 is 11.3 Å². The van der Waals surface area contributed by atoms with E-state index >= 15 is 0 Å². The van der Waals surface area contributed by atoms with Gasteiger partial charge in [0.05, 0.1) is 17.9 Å². The minimum absolute atomic E-state index is 0.731. The Balaban J connectivity index is 2.06. The van der Waals surface area contributed by atoms with Crippen LogP contribution in [0.3, 0.4) is 0 Å². The van der Waals surface area contributed by atoms with Crippen molar-refractivity contribution in [1.29, 1.82) is 0 Å². The number of pyridine rings is 1. The smallest absolute Gasteiger partial charge is 0.0662 e. The van der Waals surface area contributed by atoms with E-state index in [1.807, 2.05) is 49.4 Å². The molecule has 2 heteroatoms. The van der Waals surface area contributed by atoms with E-state index in [2.05, 4.69) is 41.5 Å². The lowest BCUT2D eigenvalue weighted by Gasteiger charge is -2.07. The predicted molar refractivity (Wildman–Crippen MR) is 86.5 cm³/mol.